The first-order valence-corrected chi connectivity index (χ1v) is 37.5. The number of ketones is 2. The molecule has 24 rings (SSSR count). The second-order valence-corrected chi connectivity index (χ2v) is 30.4. The standard InChI is InChI=1S/C69H115N5O33/c1-9-34-57-45(82)51(88)64(96-34)104-59-37(22-75)100-68(55(92)49(59)86)107-62-40(25-78)99-67(54(91)48(62)85)103-58-36(97-65(52(89)46(58)83)105-60-38(23-76)101-69(56(93)50(60)87)106-61-39(24-77)98-66(102-57)53(90)47(61)84)21-74-32-16-11-10-12-17-35(43(32)72-73-74)95-26-41(80)70-18-14-13-15-31(19-27(2)3)63(94)71-42(28(4)5)33(79)20-30(8)44(81)29(6)7/h27-31,34-40,42,45-62,64-69,75-78,82-93H,9-26H2,1-8H3,(H,70,80)(H,71,94)/t30-,31+,34?,35?,36?,37?,38?,39?,40?,42+,45?,46?,47?,48?,49?,50?,51?,52?,53?,54?,55?,56?,57?,58?,59?,60?,61?,62?,64?,65?,66?,67?,68?,69?/m1/s1. The van der Waals surface area contributed by atoms with Crippen LogP contribution >= 0.6 is 0 Å². The zero-order valence-electron chi connectivity index (χ0n) is 61.5. The van der Waals surface area contributed by atoms with Crippen molar-refractivity contribution in [1.29, 1.82) is 0 Å². The van der Waals surface area contributed by atoms with Gasteiger partial charge in [0.2, 0.25) is 11.8 Å². The first-order valence-electron chi connectivity index (χ1n) is 37.5. The van der Waals surface area contributed by atoms with E-state index in [9.17, 15) is 101 Å². The summed E-state index contributed by atoms with van der Waals surface area (Å²) in [6, 6.07) is -0.764. The molecule has 107 heavy (non-hydrogen) atoms. The summed E-state index contributed by atoms with van der Waals surface area (Å²) in [5, 5.41) is 198. The van der Waals surface area contributed by atoms with Crippen molar-refractivity contribution in [3.05, 3.63) is 11.4 Å². The van der Waals surface area contributed by atoms with E-state index in [0.717, 1.165) is 0 Å². The van der Waals surface area contributed by atoms with Gasteiger partial charge < -0.3 is 154 Å². The van der Waals surface area contributed by atoms with Crippen molar-refractivity contribution in [2.45, 2.75) is 329 Å². The number of amides is 2. The molecule has 1 aromatic heterocycles. The number of fused-ring (bicyclic) bond motifs is 1. The minimum Gasteiger partial charge on any atom is -0.394 e. The number of hydrogen-bond acceptors (Lipinski definition) is 35. The number of carbonyl (C=O) groups excluding carboxylic acids is 4. The molecule has 1 aliphatic carbocycles. The van der Waals surface area contributed by atoms with E-state index in [-0.39, 0.29) is 54.6 Å². The Bertz CT molecular complexity index is 2950. The highest BCUT2D eigenvalue weighted by Crippen LogP contribution is 2.40. The Morgan fingerprint density at radius 2 is 0.916 bits per heavy atom. The lowest BCUT2D eigenvalue weighted by molar-refractivity contribution is -0.403. The highest BCUT2D eigenvalue weighted by molar-refractivity contribution is 5.93. The van der Waals surface area contributed by atoms with E-state index < -0.39 is 254 Å². The molecule has 0 radical (unpaired) electrons. The quantitative estimate of drug-likeness (QED) is 0.0405. The predicted molar refractivity (Wildman–Crippen MR) is 358 cm³/mol. The average Bonchev–Trinajstić information content (AvgIpc) is 1.68. The van der Waals surface area contributed by atoms with Gasteiger partial charge in [0, 0.05) is 30.7 Å². The van der Waals surface area contributed by atoms with Crippen molar-refractivity contribution in [2.75, 3.05) is 39.6 Å². The van der Waals surface area contributed by atoms with Gasteiger partial charge in [-0.1, -0.05) is 79.9 Å². The highest BCUT2D eigenvalue weighted by atomic mass is 16.8. The molecule has 614 valence electrons. The lowest BCUT2D eigenvalue weighted by Gasteiger charge is -2.51. The Kier molecular flexibility index (Phi) is 32.1. The van der Waals surface area contributed by atoms with Crippen molar-refractivity contribution >= 4 is 23.4 Å². The van der Waals surface area contributed by atoms with Crippen molar-refractivity contribution in [3.63, 3.8) is 0 Å². The van der Waals surface area contributed by atoms with Crippen LogP contribution in [0.4, 0.5) is 0 Å². The van der Waals surface area contributed by atoms with Crippen LogP contribution in [0, 0.1) is 29.6 Å². The molecule has 0 aromatic carbocycles. The first kappa shape index (κ1) is 87.2. The minimum atomic E-state index is -2.22. The van der Waals surface area contributed by atoms with Gasteiger partial charge in [-0.2, -0.15) is 0 Å². The lowest BCUT2D eigenvalue weighted by atomic mass is 9.87. The van der Waals surface area contributed by atoms with Crippen LogP contribution in [0.5, 0.6) is 0 Å². The van der Waals surface area contributed by atoms with Crippen molar-refractivity contribution in [3.8, 4) is 0 Å². The Labute approximate surface area is 619 Å². The monoisotopic (exact) mass is 1540 g/mol. The molecule has 1 aromatic rings. The largest absolute Gasteiger partial charge is 0.394 e. The number of unbranched alkanes of at least 4 members (excludes halogenated alkanes) is 1. The van der Waals surface area contributed by atoms with Crippen LogP contribution in [-0.2, 0) is 93.7 Å². The van der Waals surface area contributed by atoms with Crippen LogP contribution in [0.3, 0.4) is 0 Å². The fraction of sp³-hybridized carbons (Fsp3) is 0.913. The maximum absolute atomic E-state index is 13.8. The van der Waals surface area contributed by atoms with Crippen LogP contribution in [0.25, 0.3) is 0 Å². The lowest BCUT2D eigenvalue weighted by Crippen LogP contribution is -2.69. The minimum absolute atomic E-state index is 0.0208. The van der Waals surface area contributed by atoms with Crippen molar-refractivity contribution in [2.24, 2.45) is 29.6 Å². The third-order valence-electron chi connectivity index (χ3n) is 21.3. The molecule has 2 amide bonds. The number of rotatable bonds is 25. The summed E-state index contributed by atoms with van der Waals surface area (Å²) in [6.07, 6.45) is -54.2. The molecule has 12 bridgehead atoms. The van der Waals surface area contributed by atoms with E-state index in [1.807, 2.05) is 27.7 Å². The fourth-order valence-corrected chi connectivity index (χ4v) is 15.3. The molecule has 18 N–H and O–H groups in total. The van der Waals surface area contributed by atoms with Gasteiger partial charge in [0.25, 0.3) is 0 Å². The summed E-state index contributed by atoms with van der Waals surface area (Å²) in [4.78, 5) is 53.4. The molecule has 22 fully saturated rings. The zero-order chi connectivity index (χ0) is 78.2. The molecule has 38 nitrogen and oxygen atoms in total. The highest BCUT2D eigenvalue weighted by Gasteiger charge is 2.59. The number of aliphatic hydroxyl groups is 16. The van der Waals surface area contributed by atoms with Gasteiger partial charge in [-0.05, 0) is 56.8 Å². The van der Waals surface area contributed by atoms with Gasteiger partial charge in [-0.3, -0.25) is 19.2 Å². The summed E-state index contributed by atoms with van der Waals surface area (Å²) < 4.78 is 79.7. The number of aromatic nitrogens is 3. The van der Waals surface area contributed by atoms with Gasteiger partial charge in [0.1, 0.15) is 165 Å². The van der Waals surface area contributed by atoms with Crippen LogP contribution in [0.1, 0.15) is 137 Å². The normalized spacial score (nSPS) is 41.2. The van der Waals surface area contributed by atoms with Gasteiger partial charge >= 0.3 is 0 Å². The maximum atomic E-state index is 13.8. The molecular formula is C69H115N5O33. The van der Waals surface area contributed by atoms with E-state index in [1.165, 1.54) is 4.68 Å². The Morgan fingerprint density at radius 1 is 0.514 bits per heavy atom. The second kappa shape index (κ2) is 39.3. The van der Waals surface area contributed by atoms with Gasteiger partial charge in [0.15, 0.2) is 43.5 Å². The average molecular weight is 1540 g/mol. The van der Waals surface area contributed by atoms with Crippen molar-refractivity contribution in [1.82, 2.24) is 25.6 Å². The summed E-state index contributed by atoms with van der Waals surface area (Å²) in [7, 11) is 0. The predicted octanol–water partition coefficient (Wildman–Crippen LogP) is -6.25. The fourth-order valence-electron chi connectivity index (χ4n) is 15.3. The Morgan fingerprint density at radius 3 is 1.31 bits per heavy atom. The summed E-state index contributed by atoms with van der Waals surface area (Å²) in [5.74, 6) is -2.10. The summed E-state index contributed by atoms with van der Waals surface area (Å²) in [6.45, 7) is 9.91. The molecule has 22 aliphatic heterocycles. The molecule has 38 heteroatoms. The number of ether oxygens (including phenoxy) is 13. The van der Waals surface area contributed by atoms with Crippen LogP contribution in [-0.4, -0.2) is 350 Å². The molecule has 23 heterocycles. The van der Waals surface area contributed by atoms with Crippen molar-refractivity contribution < 1.29 is 162 Å². The molecule has 23 aliphatic rings. The number of Topliss-reactive ketones (excluding diaryl/α,β-unsaturated/α-hetero) is 2. The molecule has 0 saturated carbocycles. The number of aliphatic hydroxyl groups excluding tert-OH is 16. The summed E-state index contributed by atoms with van der Waals surface area (Å²) in [5.41, 5.74) is 0.785. The smallest absolute Gasteiger partial charge is 0.246 e. The van der Waals surface area contributed by atoms with E-state index in [4.69, 9.17) is 61.6 Å². The Balaban J connectivity index is 0.933. The van der Waals surface area contributed by atoms with Crippen LogP contribution < -0.4 is 10.6 Å². The van der Waals surface area contributed by atoms with E-state index in [1.54, 1.807) is 27.7 Å². The van der Waals surface area contributed by atoms with E-state index in [0.29, 0.717) is 69.2 Å². The van der Waals surface area contributed by atoms with Crippen LogP contribution in [0.2, 0.25) is 0 Å². The topological polar surface area (TPSA) is 567 Å². The molecular weight excluding hydrogens is 1430 g/mol. The van der Waals surface area contributed by atoms with Gasteiger partial charge in [-0.25, -0.2) is 4.68 Å². The number of nitrogens with one attached hydrogen (secondary N) is 2. The summed E-state index contributed by atoms with van der Waals surface area (Å²) >= 11 is 0. The number of carbonyl (C=O) groups is 4. The molecule has 22 saturated heterocycles. The third-order valence-corrected chi connectivity index (χ3v) is 21.3. The molecule has 0 spiro atoms. The third kappa shape index (κ3) is 20.4. The van der Waals surface area contributed by atoms with E-state index >= 15 is 0 Å². The molecule has 34 atom stereocenters. The number of hydrogen-bond donors (Lipinski definition) is 18. The maximum Gasteiger partial charge on any atom is 0.246 e. The zero-order valence-corrected chi connectivity index (χ0v) is 61.5. The van der Waals surface area contributed by atoms with Crippen LogP contribution in [0.15, 0.2) is 0 Å². The van der Waals surface area contributed by atoms with Gasteiger partial charge in [-0.15, -0.1) is 5.10 Å². The first-order chi connectivity index (χ1) is 50.9. The molecule has 31 unspecified atom stereocenters. The van der Waals surface area contributed by atoms with Gasteiger partial charge in [0.05, 0.1) is 50.8 Å². The Hall–Kier alpha value is -3.74. The SMILES string of the molecule is CCC1OC2OC3C(CO)OC(OC4C(CO)OC(OC5C(Cn6nnc7c6CCCCCC7OCC(=O)NCCCC[C@@H](CC(C)C)C(=O)N[C@H](C(=O)C[C@@H](C)C(=O)C(C)C)C(C)C)OC(OC6C(CO)OC(OC7C(CO)OC(OC1C(O)C2O)C(O)C7O)C(O)C6O)C(O)C5O)C(O)C4O)C(O)C3O. The number of nitrogens with zero attached hydrogens (tertiary/aromatic N) is 3. The van der Waals surface area contributed by atoms with E-state index in [2.05, 4.69) is 20.9 Å². The second-order valence-electron chi connectivity index (χ2n) is 30.4.